The van der Waals surface area contributed by atoms with E-state index in [-0.39, 0.29) is 12.5 Å². The summed E-state index contributed by atoms with van der Waals surface area (Å²) in [5.74, 6) is 0.689. The number of hydrogen-bond donors (Lipinski definition) is 2. The van der Waals surface area contributed by atoms with Gasteiger partial charge in [0.15, 0.2) is 11.5 Å². The van der Waals surface area contributed by atoms with Crippen LogP contribution in [0.25, 0.3) is 6.08 Å². The van der Waals surface area contributed by atoms with Crippen molar-refractivity contribution in [1.82, 2.24) is 5.32 Å². The van der Waals surface area contributed by atoms with Gasteiger partial charge in [-0.1, -0.05) is 35.9 Å². The number of fused-ring (bicyclic) bond motifs is 1. The molecule has 7 nitrogen and oxygen atoms in total. The smallest absolute Gasteiger partial charge is 0.272 e. The molecule has 0 aromatic heterocycles. The molecular weight excluding hydrogens is 408 g/mol. The molecule has 32 heavy (non-hydrogen) atoms. The molecule has 0 aliphatic carbocycles. The van der Waals surface area contributed by atoms with E-state index >= 15 is 0 Å². The second-order valence-corrected chi connectivity index (χ2v) is 7.15. The zero-order chi connectivity index (χ0) is 22.5. The van der Waals surface area contributed by atoms with E-state index in [1.807, 2.05) is 19.1 Å². The molecule has 2 N–H and O–H groups in total. The molecule has 0 atom stereocenters. The second-order valence-electron chi connectivity index (χ2n) is 7.15. The summed E-state index contributed by atoms with van der Waals surface area (Å²) < 4.78 is 16.0. The topological polar surface area (TPSA) is 85.9 Å². The monoisotopic (exact) mass is 430 g/mol. The minimum Gasteiger partial charge on any atom is -0.496 e. The maximum Gasteiger partial charge on any atom is 0.272 e. The van der Waals surface area contributed by atoms with Gasteiger partial charge in [-0.05, 0) is 55.0 Å². The Balaban J connectivity index is 1.64. The van der Waals surface area contributed by atoms with Gasteiger partial charge in [0.05, 0.1) is 12.7 Å². The van der Waals surface area contributed by atoms with Crippen LogP contribution in [0.2, 0.25) is 0 Å². The van der Waals surface area contributed by atoms with Gasteiger partial charge in [0, 0.05) is 5.69 Å². The van der Waals surface area contributed by atoms with E-state index in [1.165, 1.54) is 7.11 Å². The van der Waals surface area contributed by atoms with Gasteiger partial charge in [-0.25, -0.2) is 0 Å². The molecule has 0 bridgehead atoms. The fourth-order valence-corrected chi connectivity index (χ4v) is 3.19. The number of benzene rings is 3. The third kappa shape index (κ3) is 4.73. The van der Waals surface area contributed by atoms with Crippen LogP contribution in [0.3, 0.4) is 0 Å². The van der Waals surface area contributed by atoms with Gasteiger partial charge < -0.3 is 24.8 Å². The van der Waals surface area contributed by atoms with Crippen molar-refractivity contribution in [2.24, 2.45) is 0 Å². The number of amides is 2. The summed E-state index contributed by atoms with van der Waals surface area (Å²) in [5, 5.41) is 5.53. The quantitative estimate of drug-likeness (QED) is 0.574. The Morgan fingerprint density at radius 3 is 2.50 bits per heavy atom. The molecule has 3 aromatic carbocycles. The van der Waals surface area contributed by atoms with Gasteiger partial charge in [-0.2, -0.15) is 0 Å². The summed E-state index contributed by atoms with van der Waals surface area (Å²) in [6.45, 7) is 2.11. The molecule has 0 fully saturated rings. The zero-order valence-corrected chi connectivity index (χ0v) is 17.7. The third-order valence-electron chi connectivity index (χ3n) is 4.86. The number of anilines is 1. The average molecular weight is 430 g/mol. The number of rotatable bonds is 6. The van der Waals surface area contributed by atoms with Crippen LogP contribution in [0.5, 0.6) is 17.2 Å². The van der Waals surface area contributed by atoms with Crippen LogP contribution < -0.4 is 24.8 Å². The van der Waals surface area contributed by atoms with Crippen LogP contribution in [0.1, 0.15) is 21.5 Å². The molecule has 1 aliphatic rings. The average Bonchev–Trinajstić information content (AvgIpc) is 3.28. The summed E-state index contributed by atoms with van der Waals surface area (Å²) in [6.07, 6.45) is 1.58. The van der Waals surface area contributed by atoms with Gasteiger partial charge in [0.2, 0.25) is 6.79 Å². The third-order valence-corrected chi connectivity index (χ3v) is 4.86. The Morgan fingerprint density at radius 1 is 0.969 bits per heavy atom. The Bertz CT molecular complexity index is 1190. The van der Waals surface area contributed by atoms with E-state index in [2.05, 4.69) is 10.6 Å². The highest BCUT2D eigenvalue weighted by atomic mass is 16.7. The van der Waals surface area contributed by atoms with Crippen molar-refractivity contribution in [3.8, 4) is 17.2 Å². The van der Waals surface area contributed by atoms with Crippen LogP contribution in [0, 0.1) is 6.92 Å². The Morgan fingerprint density at radius 2 is 1.72 bits per heavy atom. The summed E-state index contributed by atoms with van der Waals surface area (Å²) >= 11 is 0. The van der Waals surface area contributed by atoms with E-state index in [9.17, 15) is 9.59 Å². The maximum absolute atomic E-state index is 13.1. The summed E-state index contributed by atoms with van der Waals surface area (Å²) in [6, 6.07) is 19.5. The maximum atomic E-state index is 13.1. The lowest BCUT2D eigenvalue weighted by Gasteiger charge is -2.13. The molecule has 2 amide bonds. The highest BCUT2D eigenvalue weighted by molar-refractivity contribution is 6.11. The van der Waals surface area contributed by atoms with E-state index < -0.39 is 11.8 Å². The van der Waals surface area contributed by atoms with Crippen LogP contribution in [-0.2, 0) is 4.79 Å². The van der Waals surface area contributed by atoms with Crippen molar-refractivity contribution in [1.29, 1.82) is 0 Å². The van der Waals surface area contributed by atoms with Crippen LogP contribution >= 0.6 is 0 Å². The number of carbonyl (C=O) groups excluding carboxylic acids is 2. The minimum absolute atomic E-state index is 0.0698. The summed E-state index contributed by atoms with van der Waals surface area (Å²) in [7, 11) is 1.49. The van der Waals surface area contributed by atoms with Crippen molar-refractivity contribution in [3.05, 3.63) is 89.1 Å². The lowest BCUT2D eigenvalue weighted by atomic mass is 10.1. The first-order valence-electron chi connectivity index (χ1n) is 9.97. The number of nitrogens with one attached hydrogen (secondary N) is 2. The molecule has 162 valence electrons. The predicted octanol–water partition coefficient (Wildman–Crippen LogP) is 4.14. The fourth-order valence-electron chi connectivity index (χ4n) is 3.19. The first kappa shape index (κ1) is 21.0. The molecule has 4 rings (SSSR count). The normalized spacial score (nSPS) is 12.2. The standard InChI is InChI=1S/C25H22N2O5/c1-16-7-10-18(11-8-16)26-25(29)20(13-17-9-12-22-23(14-17)32-15-31-22)27-24(28)19-5-3-4-6-21(19)30-2/h3-14H,15H2,1-2H3,(H,26,29)(H,27,28)/b20-13-. The van der Waals surface area contributed by atoms with Crippen LogP contribution in [0.15, 0.2) is 72.4 Å². The second kappa shape index (κ2) is 9.26. The first-order chi connectivity index (χ1) is 15.5. The largest absolute Gasteiger partial charge is 0.496 e. The van der Waals surface area contributed by atoms with Crippen LogP contribution in [0.4, 0.5) is 5.69 Å². The van der Waals surface area contributed by atoms with E-state index in [1.54, 1.807) is 60.7 Å². The Kier molecular flexibility index (Phi) is 6.07. The SMILES string of the molecule is COc1ccccc1C(=O)N/C(=C\c1ccc2c(c1)OCO2)C(=O)Nc1ccc(C)cc1. The summed E-state index contributed by atoms with van der Waals surface area (Å²) in [4.78, 5) is 26.0. The highest BCUT2D eigenvalue weighted by Gasteiger charge is 2.19. The van der Waals surface area contributed by atoms with Crippen molar-refractivity contribution in [3.63, 3.8) is 0 Å². The van der Waals surface area contributed by atoms with Crippen molar-refractivity contribution < 1.29 is 23.8 Å². The molecule has 0 saturated heterocycles. The van der Waals surface area contributed by atoms with E-state index in [4.69, 9.17) is 14.2 Å². The molecular formula is C25H22N2O5. The first-order valence-corrected chi connectivity index (χ1v) is 9.97. The summed E-state index contributed by atoms with van der Waals surface area (Å²) in [5.41, 5.74) is 2.74. The van der Waals surface area contributed by atoms with Gasteiger partial charge >= 0.3 is 0 Å². The van der Waals surface area contributed by atoms with Crippen molar-refractivity contribution >= 4 is 23.6 Å². The number of aryl methyl sites for hydroxylation is 1. The predicted molar refractivity (Wildman–Crippen MR) is 121 cm³/mol. The lowest BCUT2D eigenvalue weighted by Crippen LogP contribution is -2.31. The minimum atomic E-state index is -0.464. The van der Waals surface area contributed by atoms with Gasteiger partial charge in [-0.15, -0.1) is 0 Å². The number of carbonyl (C=O) groups is 2. The lowest BCUT2D eigenvalue weighted by molar-refractivity contribution is -0.113. The number of hydrogen-bond acceptors (Lipinski definition) is 5. The molecule has 1 heterocycles. The fraction of sp³-hybridized carbons (Fsp3) is 0.120. The number of methoxy groups -OCH3 is 1. The van der Waals surface area contributed by atoms with Gasteiger partial charge in [0.25, 0.3) is 11.8 Å². The van der Waals surface area contributed by atoms with E-state index in [0.29, 0.717) is 34.1 Å². The Hall–Kier alpha value is -4.26. The number of para-hydroxylation sites is 1. The molecule has 3 aromatic rings. The van der Waals surface area contributed by atoms with Gasteiger partial charge in [-0.3, -0.25) is 9.59 Å². The van der Waals surface area contributed by atoms with Crippen molar-refractivity contribution in [2.75, 3.05) is 19.2 Å². The van der Waals surface area contributed by atoms with Crippen molar-refractivity contribution in [2.45, 2.75) is 6.92 Å². The van der Waals surface area contributed by atoms with Gasteiger partial charge in [0.1, 0.15) is 11.4 Å². The highest BCUT2D eigenvalue weighted by Crippen LogP contribution is 2.33. The molecule has 0 radical (unpaired) electrons. The molecule has 0 spiro atoms. The Labute approximate surface area is 185 Å². The molecule has 0 unspecified atom stereocenters. The molecule has 1 aliphatic heterocycles. The van der Waals surface area contributed by atoms with Crippen LogP contribution in [-0.4, -0.2) is 25.7 Å². The number of ether oxygens (including phenoxy) is 3. The zero-order valence-electron chi connectivity index (χ0n) is 17.7. The molecule has 0 saturated carbocycles. The molecule has 7 heteroatoms. The van der Waals surface area contributed by atoms with E-state index in [0.717, 1.165) is 5.56 Å².